The molecule has 2 heterocycles. The highest BCUT2D eigenvalue weighted by atomic mass is 16.2. The molecular formula is C17H22N2O. The van der Waals surface area contributed by atoms with Gasteiger partial charge in [-0.1, -0.05) is 42.5 Å². The van der Waals surface area contributed by atoms with Crippen LogP contribution in [0, 0.1) is 5.41 Å². The summed E-state index contributed by atoms with van der Waals surface area (Å²) in [7, 11) is 0. The van der Waals surface area contributed by atoms with Gasteiger partial charge in [-0.3, -0.25) is 9.69 Å². The van der Waals surface area contributed by atoms with Crippen molar-refractivity contribution in [3.8, 4) is 0 Å². The lowest BCUT2D eigenvalue weighted by Crippen LogP contribution is -2.47. The summed E-state index contributed by atoms with van der Waals surface area (Å²) in [5, 5.41) is 3.03. The zero-order valence-corrected chi connectivity index (χ0v) is 11.8. The summed E-state index contributed by atoms with van der Waals surface area (Å²) in [6.07, 6.45) is 7.55. The van der Waals surface area contributed by atoms with Crippen LogP contribution >= 0.6 is 0 Å². The number of hydrogen-bond acceptors (Lipinski definition) is 2. The van der Waals surface area contributed by atoms with Gasteiger partial charge >= 0.3 is 0 Å². The van der Waals surface area contributed by atoms with Gasteiger partial charge in [-0.2, -0.15) is 0 Å². The van der Waals surface area contributed by atoms with E-state index >= 15 is 0 Å². The number of likely N-dealkylation sites (tertiary alicyclic amines) is 1. The Balaban J connectivity index is 1.55. The van der Waals surface area contributed by atoms with Gasteiger partial charge in [-0.15, -0.1) is 0 Å². The molecule has 0 bridgehead atoms. The first kappa shape index (κ1) is 13.4. The minimum absolute atomic E-state index is 0.0984. The van der Waals surface area contributed by atoms with Crippen molar-refractivity contribution in [2.75, 3.05) is 26.2 Å². The van der Waals surface area contributed by atoms with E-state index in [0.29, 0.717) is 0 Å². The molecule has 1 atom stereocenters. The largest absolute Gasteiger partial charge is 0.356 e. The number of hydrogen-bond donors (Lipinski definition) is 1. The van der Waals surface area contributed by atoms with Gasteiger partial charge in [0, 0.05) is 19.6 Å². The number of nitrogens with one attached hydrogen (secondary N) is 1. The van der Waals surface area contributed by atoms with Crippen LogP contribution < -0.4 is 5.32 Å². The second-order valence-corrected chi connectivity index (χ2v) is 5.94. The molecule has 3 rings (SSSR count). The van der Waals surface area contributed by atoms with Crippen molar-refractivity contribution < 1.29 is 4.79 Å². The molecule has 3 heteroatoms. The predicted octanol–water partition coefficient (Wildman–Crippen LogP) is 2.30. The van der Waals surface area contributed by atoms with Crippen molar-refractivity contribution in [1.82, 2.24) is 10.2 Å². The summed E-state index contributed by atoms with van der Waals surface area (Å²) in [4.78, 5) is 14.5. The lowest BCUT2D eigenvalue weighted by atomic mass is 9.79. The molecule has 2 aliphatic heterocycles. The number of carbonyl (C=O) groups excluding carboxylic acids is 1. The van der Waals surface area contributed by atoms with Gasteiger partial charge in [0.25, 0.3) is 0 Å². The zero-order chi connectivity index (χ0) is 13.8. The van der Waals surface area contributed by atoms with Gasteiger partial charge < -0.3 is 5.32 Å². The third-order valence-corrected chi connectivity index (χ3v) is 4.51. The molecule has 3 nitrogen and oxygen atoms in total. The third kappa shape index (κ3) is 2.78. The van der Waals surface area contributed by atoms with E-state index in [2.05, 4.69) is 46.6 Å². The molecule has 2 saturated heterocycles. The van der Waals surface area contributed by atoms with Gasteiger partial charge in [0.1, 0.15) is 0 Å². The zero-order valence-electron chi connectivity index (χ0n) is 11.8. The first-order chi connectivity index (χ1) is 9.78. The molecule has 20 heavy (non-hydrogen) atoms. The van der Waals surface area contributed by atoms with E-state index < -0.39 is 0 Å². The fourth-order valence-corrected chi connectivity index (χ4v) is 3.34. The Labute approximate surface area is 120 Å². The molecule has 1 unspecified atom stereocenters. The summed E-state index contributed by atoms with van der Waals surface area (Å²) in [6.45, 7) is 3.74. The monoisotopic (exact) mass is 270 g/mol. The molecule has 0 aromatic heterocycles. The molecule has 1 amide bonds. The Kier molecular flexibility index (Phi) is 3.88. The Morgan fingerprint density at radius 2 is 2.10 bits per heavy atom. The predicted molar refractivity (Wildman–Crippen MR) is 81.2 cm³/mol. The van der Waals surface area contributed by atoms with Crippen molar-refractivity contribution in [1.29, 1.82) is 0 Å². The second-order valence-electron chi connectivity index (χ2n) is 5.94. The molecule has 0 saturated carbocycles. The first-order valence-electron chi connectivity index (χ1n) is 7.51. The van der Waals surface area contributed by atoms with E-state index in [1.807, 2.05) is 6.07 Å². The minimum Gasteiger partial charge on any atom is -0.356 e. The third-order valence-electron chi connectivity index (χ3n) is 4.51. The average Bonchev–Trinajstić information content (AvgIpc) is 2.88. The van der Waals surface area contributed by atoms with Crippen molar-refractivity contribution in [3.05, 3.63) is 42.0 Å². The lowest BCUT2D eigenvalue weighted by Gasteiger charge is -2.32. The number of nitrogens with zero attached hydrogens (tertiary/aromatic N) is 1. The highest BCUT2D eigenvalue weighted by Crippen LogP contribution is 2.37. The van der Waals surface area contributed by atoms with Crippen LogP contribution in [0.2, 0.25) is 0 Å². The van der Waals surface area contributed by atoms with Gasteiger partial charge in [0.2, 0.25) is 5.91 Å². The summed E-state index contributed by atoms with van der Waals surface area (Å²) < 4.78 is 0. The van der Waals surface area contributed by atoms with E-state index in [4.69, 9.17) is 0 Å². The maximum absolute atomic E-state index is 12.1. The summed E-state index contributed by atoms with van der Waals surface area (Å²) in [5.74, 6) is 0.276. The molecule has 2 fully saturated rings. The topological polar surface area (TPSA) is 32.3 Å². The standard InChI is InChI=1S/C17H22N2O/c20-16-17(9-5-11-18-16)10-13-19(14-17)12-4-8-15-6-2-1-3-7-15/h1-4,6-8H,5,9-14H2,(H,18,20)/b8-4+. The minimum atomic E-state index is -0.0984. The van der Waals surface area contributed by atoms with Crippen molar-refractivity contribution in [2.24, 2.45) is 5.41 Å². The molecule has 106 valence electrons. The van der Waals surface area contributed by atoms with E-state index in [1.54, 1.807) is 0 Å². The highest BCUT2D eigenvalue weighted by molar-refractivity contribution is 5.84. The van der Waals surface area contributed by atoms with Crippen LogP contribution in [0.15, 0.2) is 36.4 Å². The molecule has 2 aliphatic rings. The quantitative estimate of drug-likeness (QED) is 0.914. The average molecular weight is 270 g/mol. The van der Waals surface area contributed by atoms with Gasteiger partial charge in [0.15, 0.2) is 0 Å². The Morgan fingerprint density at radius 1 is 1.25 bits per heavy atom. The van der Waals surface area contributed by atoms with Crippen molar-refractivity contribution in [2.45, 2.75) is 19.3 Å². The van der Waals surface area contributed by atoms with Crippen molar-refractivity contribution >= 4 is 12.0 Å². The van der Waals surface area contributed by atoms with Crippen LogP contribution in [0.25, 0.3) is 6.08 Å². The van der Waals surface area contributed by atoms with E-state index in [0.717, 1.165) is 45.4 Å². The van der Waals surface area contributed by atoms with E-state index in [9.17, 15) is 4.79 Å². The molecule has 1 aromatic rings. The van der Waals surface area contributed by atoms with Gasteiger partial charge in [0.05, 0.1) is 5.41 Å². The molecule has 1 N–H and O–H groups in total. The van der Waals surface area contributed by atoms with Crippen LogP contribution in [0.3, 0.4) is 0 Å². The smallest absolute Gasteiger partial charge is 0.227 e. The van der Waals surface area contributed by atoms with Crippen LogP contribution in [0.5, 0.6) is 0 Å². The number of rotatable bonds is 3. The maximum atomic E-state index is 12.1. The molecule has 1 spiro atoms. The SMILES string of the molecule is O=C1NCCCC12CCN(C/C=C/c1ccccc1)C2. The molecular weight excluding hydrogens is 248 g/mol. The van der Waals surface area contributed by atoms with Gasteiger partial charge in [-0.05, 0) is 31.4 Å². The van der Waals surface area contributed by atoms with Crippen LogP contribution in [-0.2, 0) is 4.79 Å². The summed E-state index contributed by atoms with van der Waals surface area (Å²) in [6, 6.07) is 10.4. The lowest BCUT2D eigenvalue weighted by molar-refractivity contribution is -0.132. The number of benzene rings is 1. The van der Waals surface area contributed by atoms with Crippen molar-refractivity contribution in [3.63, 3.8) is 0 Å². The summed E-state index contributed by atoms with van der Waals surface area (Å²) >= 11 is 0. The number of amides is 1. The Bertz CT molecular complexity index is 497. The second kappa shape index (κ2) is 5.80. The van der Waals surface area contributed by atoms with Crippen LogP contribution in [-0.4, -0.2) is 37.0 Å². The highest BCUT2D eigenvalue weighted by Gasteiger charge is 2.45. The van der Waals surface area contributed by atoms with E-state index in [-0.39, 0.29) is 11.3 Å². The van der Waals surface area contributed by atoms with Crippen LogP contribution in [0.1, 0.15) is 24.8 Å². The van der Waals surface area contributed by atoms with Crippen LogP contribution in [0.4, 0.5) is 0 Å². The maximum Gasteiger partial charge on any atom is 0.227 e. The number of piperidine rings is 1. The van der Waals surface area contributed by atoms with E-state index in [1.165, 1.54) is 5.56 Å². The molecule has 0 aliphatic carbocycles. The fourth-order valence-electron chi connectivity index (χ4n) is 3.34. The number of carbonyl (C=O) groups is 1. The fraction of sp³-hybridized carbons (Fsp3) is 0.471. The molecule has 1 aromatic carbocycles. The molecule has 0 radical (unpaired) electrons. The summed E-state index contributed by atoms with van der Waals surface area (Å²) in [5.41, 5.74) is 1.13. The van der Waals surface area contributed by atoms with Gasteiger partial charge in [-0.25, -0.2) is 0 Å². The Morgan fingerprint density at radius 3 is 2.90 bits per heavy atom. The first-order valence-corrected chi connectivity index (χ1v) is 7.51. The normalized spacial score (nSPS) is 27.3. The Hall–Kier alpha value is -1.61.